The van der Waals surface area contributed by atoms with E-state index < -0.39 is 0 Å². The van der Waals surface area contributed by atoms with Crippen molar-refractivity contribution in [3.8, 4) is 0 Å². The summed E-state index contributed by atoms with van der Waals surface area (Å²) in [4.78, 5) is 0. The highest BCUT2D eigenvalue weighted by Gasteiger charge is 1.98. The summed E-state index contributed by atoms with van der Waals surface area (Å²) in [5.74, 6) is 0.817. The lowest BCUT2D eigenvalue weighted by atomic mass is 10.1. The number of rotatable bonds is 6. The molecule has 0 fully saturated rings. The van der Waals surface area contributed by atoms with Gasteiger partial charge in [-0.25, -0.2) is 0 Å². The minimum Gasteiger partial charge on any atom is -0.387 e. The molecule has 0 aromatic carbocycles. The molecule has 0 aromatic rings. The van der Waals surface area contributed by atoms with Crippen molar-refractivity contribution >= 4 is 0 Å². The standard InChI is InChI=1S/C11H23N/c1-9(2)7-6-8-11(5)12-10(3)4/h9-10,12H,5-8H2,1-4H3. The van der Waals surface area contributed by atoms with Gasteiger partial charge in [-0.05, 0) is 32.6 Å². The normalized spacial score (nSPS) is 10.8. The van der Waals surface area contributed by atoms with Crippen molar-refractivity contribution in [1.82, 2.24) is 5.32 Å². The van der Waals surface area contributed by atoms with E-state index in [1.807, 2.05) is 0 Å². The van der Waals surface area contributed by atoms with Crippen molar-refractivity contribution in [3.63, 3.8) is 0 Å². The molecule has 0 atom stereocenters. The molecular formula is C11H23N. The third-order valence-corrected chi connectivity index (χ3v) is 1.75. The summed E-state index contributed by atoms with van der Waals surface area (Å²) in [5.41, 5.74) is 1.19. The van der Waals surface area contributed by atoms with Crippen molar-refractivity contribution in [2.75, 3.05) is 0 Å². The van der Waals surface area contributed by atoms with E-state index in [0.717, 1.165) is 12.3 Å². The molecule has 0 aliphatic heterocycles. The zero-order chi connectivity index (χ0) is 9.56. The van der Waals surface area contributed by atoms with Crippen LogP contribution in [-0.4, -0.2) is 6.04 Å². The number of nitrogens with one attached hydrogen (secondary N) is 1. The minimum absolute atomic E-state index is 0.525. The average molecular weight is 169 g/mol. The third kappa shape index (κ3) is 7.64. The fourth-order valence-corrected chi connectivity index (χ4v) is 1.20. The Kier molecular flexibility index (Phi) is 5.87. The van der Waals surface area contributed by atoms with E-state index in [4.69, 9.17) is 0 Å². The molecule has 12 heavy (non-hydrogen) atoms. The molecule has 0 aliphatic rings. The first kappa shape index (κ1) is 11.5. The van der Waals surface area contributed by atoms with Crippen molar-refractivity contribution in [1.29, 1.82) is 0 Å². The summed E-state index contributed by atoms with van der Waals surface area (Å²) in [6, 6.07) is 0.525. The lowest BCUT2D eigenvalue weighted by molar-refractivity contribution is 0.538. The Morgan fingerprint density at radius 1 is 1.25 bits per heavy atom. The Morgan fingerprint density at radius 3 is 2.25 bits per heavy atom. The molecule has 1 heteroatoms. The molecule has 0 bridgehead atoms. The SMILES string of the molecule is C=C(CCCC(C)C)NC(C)C. The Balaban J connectivity index is 3.32. The molecule has 0 saturated heterocycles. The fourth-order valence-electron chi connectivity index (χ4n) is 1.20. The van der Waals surface area contributed by atoms with E-state index in [1.165, 1.54) is 18.5 Å². The molecule has 0 unspecified atom stereocenters. The van der Waals surface area contributed by atoms with Gasteiger partial charge in [0.15, 0.2) is 0 Å². The molecule has 0 radical (unpaired) electrons. The predicted molar refractivity (Wildman–Crippen MR) is 56.1 cm³/mol. The van der Waals surface area contributed by atoms with Crippen LogP contribution in [0.15, 0.2) is 12.3 Å². The van der Waals surface area contributed by atoms with Gasteiger partial charge in [0.25, 0.3) is 0 Å². The highest BCUT2D eigenvalue weighted by atomic mass is 14.9. The number of allylic oxidation sites excluding steroid dienone is 1. The van der Waals surface area contributed by atoms with Crippen LogP contribution in [0.5, 0.6) is 0 Å². The first-order chi connectivity index (χ1) is 5.52. The second-order valence-electron chi connectivity index (χ2n) is 4.19. The molecule has 1 nitrogen and oxygen atoms in total. The zero-order valence-electron chi connectivity index (χ0n) is 8.98. The van der Waals surface area contributed by atoms with E-state index in [0.29, 0.717) is 6.04 Å². The Labute approximate surface area is 77.2 Å². The summed E-state index contributed by atoms with van der Waals surface area (Å²) < 4.78 is 0. The highest BCUT2D eigenvalue weighted by Crippen LogP contribution is 2.09. The smallest absolute Gasteiger partial charge is 0.0201 e. The Bertz CT molecular complexity index is 125. The molecule has 0 aliphatic carbocycles. The molecular weight excluding hydrogens is 146 g/mol. The van der Waals surface area contributed by atoms with Crippen molar-refractivity contribution in [2.45, 2.75) is 53.0 Å². The van der Waals surface area contributed by atoms with Crippen LogP contribution in [0.4, 0.5) is 0 Å². The van der Waals surface area contributed by atoms with Crippen molar-refractivity contribution < 1.29 is 0 Å². The van der Waals surface area contributed by atoms with Gasteiger partial charge in [-0.1, -0.05) is 26.8 Å². The van der Waals surface area contributed by atoms with Gasteiger partial charge in [0.05, 0.1) is 0 Å². The lowest BCUT2D eigenvalue weighted by Crippen LogP contribution is -2.21. The highest BCUT2D eigenvalue weighted by molar-refractivity contribution is 4.91. The quantitative estimate of drug-likeness (QED) is 0.643. The first-order valence-corrected chi connectivity index (χ1v) is 4.96. The summed E-state index contributed by atoms with van der Waals surface area (Å²) in [6.07, 6.45) is 3.69. The maximum atomic E-state index is 3.98. The first-order valence-electron chi connectivity index (χ1n) is 4.96. The molecule has 0 heterocycles. The van der Waals surface area contributed by atoms with E-state index in [-0.39, 0.29) is 0 Å². The van der Waals surface area contributed by atoms with E-state index in [9.17, 15) is 0 Å². The molecule has 0 rings (SSSR count). The van der Waals surface area contributed by atoms with E-state index in [2.05, 4.69) is 39.6 Å². The van der Waals surface area contributed by atoms with Gasteiger partial charge in [0.2, 0.25) is 0 Å². The average Bonchev–Trinajstić information content (AvgIpc) is 1.84. The molecule has 0 amide bonds. The Hall–Kier alpha value is -0.460. The topological polar surface area (TPSA) is 12.0 Å². The predicted octanol–water partition coefficient (Wildman–Crippen LogP) is 3.32. The van der Waals surface area contributed by atoms with Crippen LogP contribution in [0, 0.1) is 5.92 Å². The third-order valence-electron chi connectivity index (χ3n) is 1.75. The molecule has 72 valence electrons. The maximum Gasteiger partial charge on any atom is 0.0201 e. The fraction of sp³-hybridized carbons (Fsp3) is 0.818. The van der Waals surface area contributed by atoms with Crippen LogP contribution in [-0.2, 0) is 0 Å². The van der Waals surface area contributed by atoms with Crippen LogP contribution in [0.1, 0.15) is 47.0 Å². The lowest BCUT2D eigenvalue weighted by Gasteiger charge is -2.13. The summed E-state index contributed by atoms with van der Waals surface area (Å²) >= 11 is 0. The van der Waals surface area contributed by atoms with Crippen LogP contribution in [0.25, 0.3) is 0 Å². The van der Waals surface area contributed by atoms with Gasteiger partial charge in [0, 0.05) is 11.7 Å². The molecule has 0 spiro atoms. The van der Waals surface area contributed by atoms with Crippen molar-refractivity contribution in [3.05, 3.63) is 12.3 Å². The molecule has 0 aromatic heterocycles. The number of hydrogen-bond donors (Lipinski definition) is 1. The maximum absolute atomic E-state index is 3.98. The zero-order valence-corrected chi connectivity index (χ0v) is 8.98. The molecule has 1 N–H and O–H groups in total. The van der Waals surface area contributed by atoms with Gasteiger partial charge in [-0.15, -0.1) is 0 Å². The minimum atomic E-state index is 0.525. The van der Waals surface area contributed by atoms with Crippen LogP contribution in [0.3, 0.4) is 0 Å². The van der Waals surface area contributed by atoms with Gasteiger partial charge in [-0.3, -0.25) is 0 Å². The second-order valence-corrected chi connectivity index (χ2v) is 4.19. The second kappa shape index (κ2) is 6.10. The van der Waals surface area contributed by atoms with Crippen molar-refractivity contribution in [2.24, 2.45) is 5.92 Å². The summed E-state index contributed by atoms with van der Waals surface area (Å²) in [7, 11) is 0. The van der Waals surface area contributed by atoms with Gasteiger partial charge in [0.1, 0.15) is 0 Å². The molecule has 0 saturated carbocycles. The Morgan fingerprint density at radius 2 is 1.83 bits per heavy atom. The van der Waals surface area contributed by atoms with Crippen LogP contribution >= 0.6 is 0 Å². The van der Waals surface area contributed by atoms with Gasteiger partial charge < -0.3 is 5.32 Å². The largest absolute Gasteiger partial charge is 0.387 e. The van der Waals surface area contributed by atoms with Crippen LogP contribution in [0.2, 0.25) is 0 Å². The van der Waals surface area contributed by atoms with E-state index >= 15 is 0 Å². The monoisotopic (exact) mass is 169 g/mol. The summed E-state index contributed by atoms with van der Waals surface area (Å²) in [6.45, 7) is 12.8. The summed E-state index contributed by atoms with van der Waals surface area (Å²) in [5, 5.41) is 3.32. The number of hydrogen-bond acceptors (Lipinski definition) is 1. The van der Waals surface area contributed by atoms with Gasteiger partial charge in [-0.2, -0.15) is 0 Å². The van der Waals surface area contributed by atoms with E-state index in [1.54, 1.807) is 0 Å². The van der Waals surface area contributed by atoms with Gasteiger partial charge >= 0.3 is 0 Å². The van der Waals surface area contributed by atoms with Crippen LogP contribution < -0.4 is 5.32 Å².